The number of benzene rings is 1. The monoisotopic (exact) mass is 406 g/mol. The molecule has 27 heavy (non-hydrogen) atoms. The maximum absolute atomic E-state index is 12.2. The van der Waals surface area contributed by atoms with Crippen molar-refractivity contribution in [1.82, 2.24) is 15.6 Å². The highest BCUT2D eigenvalue weighted by Crippen LogP contribution is 2.34. The Bertz CT molecular complexity index is 856. The Kier molecular flexibility index (Phi) is 5.40. The first-order chi connectivity index (χ1) is 13.1. The summed E-state index contributed by atoms with van der Waals surface area (Å²) in [5.41, 5.74) is 0.778. The number of ether oxygens (including phenoxy) is 1. The largest absolute Gasteiger partial charge is 0.494 e. The van der Waals surface area contributed by atoms with E-state index in [4.69, 9.17) is 4.74 Å². The lowest BCUT2D eigenvalue weighted by Gasteiger charge is -2.16. The first kappa shape index (κ1) is 18.4. The van der Waals surface area contributed by atoms with Gasteiger partial charge in [-0.15, -0.1) is 0 Å². The van der Waals surface area contributed by atoms with Crippen LogP contribution in [0.5, 0.6) is 5.75 Å². The van der Waals surface area contributed by atoms with E-state index >= 15 is 0 Å². The molecule has 7 nitrogen and oxygen atoms in total. The third-order valence-corrected chi connectivity index (χ3v) is 7.37. The molecular weight excluding hydrogens is 384 g/mol. The zero-order chi connectivity index (χ0) is 18.8. The number of nitrogens with zero attached hydrogens (tertiary/aromatic N) is 1. The van der Waals surface area contributed by atoms with Gasteiger partial charge in [0.1, 0.15) is 11.3 Å². The van der Waals surface area contributed by atoms with Gasteiger partial charge in [-0.2, -0.15) is 11.8 Å². The number of carbonyl (C=O) groups is 2. The smallest absolute Gasteiger partial charge is 0.315 e. The Morgan fingerprint density at radius 3 is 3.11 bits per heavy atom. The Morgan fingerprint density at radius 2 is 2.26 bits per heavy atom. The predicted octanol–water partition coefficient (Wildman–Crippen LogP) is 2.97. The molecule has 3 unspecified atom stereocenters. The van der Waals surface area contributed by atoms with Crippen LogP contribution in [0.2, 0.25) is 0 Å². The van der Waals surface area contributed by atoms with Gasteiger partial charge in [-0.3, -0.25) is 4.79 Å². The molecule has 0 spiro atoms. The molecule has 2 fully saturated rings. The number of rotatable bonds is 7. The van der Waals surface area contributed by atoms with E-state index in [1.807, 2.05) is 30.0 Å². The maximum atomic E-state index is 12.2. The summed E-state index contributed by atoms with van der Waals surface area (Å²) in [6, 6.07) is 6.18. The zero-order valence-corrected chi connectivity index (χ0v) is 16.6. The number of nitrogens with one attached hydrogen (secondary N) is 3. The lowest BCUT2D eigenvalue weighted by Crippen LogP contribution is -2.36. The van der Waals surface area contributed by atoms with Gasteiger partial charge in [0.25, 0.3) is 0 Å². The molecule has 4 rings (SSSR count). The van der Waals surface area contributed by atoms with Crippen molar-refractivity contribution < 1.29 is 14.3 Å². The molecule has 0 aliphatic carbocycles. The number of unbranched alkanes of at least 4 members (excludes halogenated alkanes) is 1. The second kappa shape index (κ2) is 7.93. The number of methoxy groups -OCH3 is 1. The number of carbonyl (C=O) groups excluding carboxylic acids is 2. The van der Waals surface area contributed by atoms with E-state index in [9.17, 15) is 9.59 Å². The topological polar surface area (TPSA) is 92.4 Å². The number of anilines is 1. The van der Waals surface area contributed by atoms with Crippen molar-refractivity contribution in [3.05, 3.63) is 18.2 Å². The standard InChI is InChI=1S/C18H22N4O3S2/c1-25-11-5-4-7-13-16(11)22-18(27-13)20-14(23)8-3-2-6-12-15-10(9-26-12)19-17(24)21-15/h4-5,7,10,12,15H,2-3,6,8-9H2,1H3,(H2,19,21,24)(H,20,22,23). The average molecular weight is 407 g/mol. The summed E-state index contributed by atoms with van der Waals surface area (Å²) in [5, 5.41) is 9.89. The number of thioether (sulfide) groups is 1. The summed E-state index contributed by atoms with van der Waals surface area (Å²) in [7, 11) is 1.62. The first-order valence-electron chi connectivity index (χ1n) is 9.06. The van der Waals surface area contributed by atoms with Gasteiger partial charge in [0, 0.05) is 17.4 Å². The molecule has 0 bridgehead atoms. The lowest BCUT2D eigenvalue weighted by atomic mass is 10.0. The van der Waals surface area contributed by atoms with Crippen LogP contribution in [-0.4, -0.2) is 47.1 Å². The summed E-state index contributed by atoms with van der Waals surface area (Å²) in [4.78, 5) is 28.1. The number of urea groups is 1. The summed E-state index contributed by atoms with van der Waals surface area (Å²) in [5.74, 6) is 1.67. The van der Waals surface area contributed by atoms with Crippen molar-refractivity contribution in [2.75, 3.05) is 18.2 Å². The number of aromatic nitrogens is 1. The Hall–Kier alpha value is -2.00. The molecule has 3 amide bonds. The molecule has 1 aromatic carbocycles. The van der Waals surface area contributed by atoms with E-state index in [0.29, 0.717) is 22.6 Å². The van der Waals surface area contributed by atoms with Crippen LogP contribution in [0.4, 0.5) is 9.93 Å². The van der Waals surface area contributed by atoms with Gasteiger partial charge in [-0.1, -0.05) is 23.8 Å². The highest BCUT2D eigenvalue weighted by molar-refractivity contribution is 8.00. The van der Waals surface area contributed by atoms with Crippen molar-refractivity contribution in [3.8, 4) is 5.75 Å². The van der Waals surface area contributed by atoms with Crippen molar-refractivity contribution in [3.63, 3.8) is 0 Å². The van der Waals surface area contributed by atoms with Crippen LogP contribution < -0.4 is 20.7 Å². The molecule has 2 aromatic rings. The molecule has 144 valence electrons. The molecule has 0 radical (unpaired) electrons. The van der Waals surface area contributed by atoms with Gasteiger partial charge >= 0.3 is 6.03 Å². The van der Waals surface area contributed by atoms with Crippen LogP contribution >= 0.6 is 23.1 Å². The molecule has 2 aliphatic heterocycles. The Balaban J connectivity index is 1.23. The van der Waals surface area contributed by atoms with Crippen molar-refractivity contribution in [2.24, 2.45) is 0 Å². The number of amides is 3. The van der Waals surface area contributed by atoms with E-state index in [1.54, 1.807) is 7.11 Å². The number of fused-ring (bicyclic) bond motifs is 2. The van der Waals surface area contributed by atoms with Gasteiger partial charge in [0.15, 0.2) is 5.13 Å². The maximum Gasteiger partial charge on any atom is 0.315 e. The van der Waals surface area contributed by atoms with E-state index in [2.05, 4.69) is 20.9 Å². The number of thiazole rings is 1. The van der Waals surface area contributed by atoms with E-state index in [0.717, 1.165) is 35.2 Å². The van der Waals surface area contributed by atoms with Gasteiger partial charge in [-0.25, -0.2) is 9.78 Å². The fraction of sp³-hybridized carbons (Fsp3) is 0.500. The lowest BCUT2D eigenvalue weighted by molar-refractivity contribution is -0.116. The van der Waals surface area contributed by atoms with Gasteiger partial charge in [-0.05, 0) is 25.0 Å². The normalized spacial score (nSPS) is 23.7. The van der Waals surface area contributed by atoms with Crippen LogP contribution in [0.15, 0.2) is 18.2 Å². The van der Waals surface area contributed by atoms with Gasteiger partial charge in [0.2, 0.25) is 5.91 Å². The fourth-order valence-electron chi connectivity index (χ4n) is 3.60. The molecule has 2 saturated heterocycles. The molecule has 2 aliphatic rings. The van der Waals surface area contributed by atoms with E-state index < -0.39 is 0 Å². The second-order valence-corrected chi connectivity index (χ2v) is 9.04. The molecule has 0 saturated carbocycles. The van der Waals surface area contributed by atoms with Gasteiger partial charge in [0.05, 0.1) is 23.9 Å². The Morgan fingerprint density at radius 1 is 1.37 bits per heavy atom. The number of hydrogen-bond acceptors (Lipinski definition) is 6. The van der Waals surface area contributed by atoms with Crippen molar-refractivity contribution in [1.29, 1.82) is 0 Å². The molecule has 1 aromatic heterocycles. The molecule has 3 atom stereocenters. The zero-order valence-electron chi connectivity index (χ0n) is 15.0. The van der Waals surface area contributed by atoms with Crippen LogP contribution in [0.3, 0.4) is 0 Å². The van der Waals surface area contributed by atoms with Crippen molar-refractivity contribution in [2.45, 2.75) is 43.0 Å². The minimum Gasteiger partial charge on any atom is -0.494 e. The fourth-order valence-corrected chi connectivity index (χ4v) is 6.04. The minimum absolute atomic E-state index is 0.0131. The average Bonchev–Trinajstić information content (AvgIpc) is 3.32. The van der Waals surface area contributed by atoms with Crippen molar-refractivity contribution >= 4 is 50.4 Å². The van der Waals surface area contributed by atoms with E-state index in [-0.39, 0.29) is 24.0 Å². The predicted molar refractivity (Wildman–Crippen MR) is 109 cm³/mol. The third-order valence-electron chi connectivity index (χ3n) is 4.93. The van der Waals surface area contributed by atoms with Gasteiger partial charge < -0.3 is 20.7 Å². The summed E-state index contributed by atoms with van der Waals surface area (Å²) in [6.45, 7) is 0. The molecule has 3 N–H and O–H groups in total. The van der Waals surface area contributed by atoms with Crippen LogP contribution in [0.25, 0.3) is 10.2 Å². The van der Waals surface area contributed by atoms with Crippen LogP contribution in [0, 0.1) is 0 Å². The molecular formula is C18H22N4O3S2. The summed E-state index contributed by atoms with van der Waals surface area (Å²) in [6.07, 6.45) is 3.29. The molecule has 3 heterocycles. The quantitative estimate of drug-likeness (QED) is 0.486. The number of hydrogen-bond donors (Lipinski definition) is 3. The Labute approximate surface area is 165 Å². The second-order valence-electron chi connectivity index (χ2n) is 6.74. The highest BCUT2D eigenvalue weighted by atomic mass is 32.2. The number of para-hydroxylation sites is 1. The first-order valence-corrected chi connectivity index (χ1v) is 10.9. The van der Waals surface area contributed by atoms with E-state index in [1.165, 1.54) is 11.3 Å². The van der Waals surface area contributed by atoms with Crippen LogP contribution in [-0.2, 0) is 4.79 Å². The van der Waals surface area contributed by atoms with Crippen LogP contribution in [0.1, 0.15) is 25.7 Å². The SMILES string of the molecule is COc1cccc2sc(NC(=O)CCCCC3SCC4NC(=O)NC43)nc12. The summed E-state index contributed by atoms with van der Waals surface area (Å²) >= 11 is 3.36. The highest BCUT2D eigenvalue weighted by Gasteiger charge is 2.42. The summed E-state index contributed by atoms with van der Waals surface area (Å²) < 4.78 is 6.30. The third kappa shape index (κ3) is 3.98. The molecule has 9 heteroatoms. The minimum atomic E-state index is -0.0536.